The van der Waals surface area contributed by atoms with Crippen LogP contribution < -0.4 is 11.4 Å². The van der Waals surface area contributed by atoms with Crippen molar-refractivity contribution in [2.45, 2.75) is 127 Å². The molecule has 0 amide bonds. The molecule has 1 aromatic rings. The predicted molar refractivity (Wildman–Crippen MR) is 149 cm³/mol. The Balaban J connectivity index is 1.09. The number of nitrogens with two attached hydrogens (primary N) is 1. The lowest BCUT2D eigenvalue weighted by Crippen LogP contribution is -2.61. The SMILES string of the molecule is COC1O[C@@H]2[C@@H](N)[C@H](C)O[C@@H](O[C@@H]3C=C4CCC5C(CC[C@]6(C)[C@@H](c7ccc(=O)oc7)CC[C@]56O)[C@@]4(C)CC3)[C@@H]2O1. The van der Waals surface area contributed by atoms with E-state index in [0.717, 1.165) is 56.9 Å². The van der Waals surface area contributed by atoms with Crippen LogP contribution in [0, 0.1) is 22.7 Å². The van der Waals surface area contributed by atoms with E-state index in [1.807, 2.05) is 13.0 Å². The highest BCUT2D eigenvalue weighted by Gasteiger charge is 2.66. The molecule has 9 nitrogen and oxygen atoms in total. The average molecular weight is 572 g/mol. The quantitative estimate of drug-likeness (QED) is 0.517. The first-order valence-corrected chi connectivity index (χ1v) is 15.5. The van der Waals surface area contributed by atoms with Gasteiger partial charge in [0.15, 0.2) is 6.29 Å². The van der Waals surface area contributed by atoms with Crippen LogP contribution in [-0.4, -0.2) is 61.0 Å². The maximum atomic E-state index is 12.5. The largest absolute Gasteiger partial charge is 0.431 e. The van der Waals surface area contributed by atoms with Crippen LogP contribution in [0.1, 0.15) is 83.6 Å². The van der Waals surface area contributed by atoms with Crippen LogP contribution >= 0.6 is 0 Å². The van der Waals surface area contributed by atoms with Gasteiger partial charge in [-0.05, 0) is 93.1 Å². The van der Waals surface area contributed by atoms with Gasteiger partial charge in [0.1, 0.15) is 12.2 Å². The number of hydrogen-bond donors (Lipinski definition) is 2. The number of allylic oxidation sites excluding steroid dienone is 1. The summed E-state index contributed by atoms with van der Waals surface area (Å²) >= 11 is 0. The number of hydrogen-bond acceptors (Lipinski definition) is 9. The molecular formula is C32H45NO8. The topological polar surface area (TPSA) is 123 Å². The molecule has 0 spiro atoms. The summed E-state index contributed by atoms with van der Waals surface area (Å²) in [6, 6.07) is 3.09. The highest BCUT2D eigenvalue weighted by atomic mass is 16.9. The van der Waals surface area contributed by atoms with Crippen molar-refractivity contribution in [1.82, 2.24) is 0 Å². The first-order valence-electron chi connectivity index (χ1n) is 15.5. The normalized spacial score (nSPS) is 50.8. The van der Waals surface area contributed by atoms with Gasteiger partial charge >= 0.3 is 5.63 Å². The Morgan fingerprint density at radius 1 is 1.00 bits per heavy atom. The smallest absolute Gasteiger partial charge is 0.335 e. The average Bonchev–Trinajstić information content (AvgIpc) is 3.52. The molecule has 1 aromatic heterocycles. The molecule has 13 atom stereocenters. The molecule has 226 valence electrons. The van der Waals surface area contributed by atoms with E-state index in [1.165, 1.54) is 11.6 Å². The molecule has 3 N–H and O–H groups in total. The number of ether oxygens (including phenoxy) is 5. The molecular weight excluding hydrogens is 526 g/mol. The number of methoxy groups -OCH3 is 1. The molecule has 6 aliphatic rings. The summed E-state index contributed by atoms with van der Waals surface area (Å²) in [6.07, 6.45) is 9.89. The minimum Gasteiger partial charge on any atom is -0.431 e. The molecule has 0 aromatic carbocycles. The van der Waals surface area contributed by atoms with Crippen LogP contribution in [0.25, 0.3) is 0 Å². The Labute approximate surface area is 241 Å². The zero-order valence-corrected chi connectivity index (χ0v) is 24.6. The van der Waals surface area contributed by atoms with Gasteiger partial charge in [-0.1, -0.05) is 25.5 Å². The maximum absolute atomic E-state index is 12.5. The number of aliphatic hydroxyl groups is 1. The van der Waals surface area contributed by atoms with Crippen molar-refractivity contribution in [3.8, 4) is 0 Å². The number of fused-ring (bicyclic) bond motifs is 6. The van der Waals surface area contributed by atoms with Crippen LogP contribution in [0.2, 0.25) is 0 Å². The van der Waals surface area contributed by atoms with Crippen LogP contribution in [0.5, 0.6) is 0 Å². The molecule has 9 heteroatoms. The molecule has 3 saturated carbocycles. The Hall–Kier alpha value is -1.59. The Kier molecular flexibility index (Phi) is 6.86. The molecule has 7 rings (SSSR count). The fourth-order valence-electron chi connectivity index (χ4n) is 9.89. The van der Waals surface area contributed by atoms with Gasteiger partial charge in [0.2, 0.25) is 0 Å². The third kappa shape index (κ3) is 4.18. The van der Waals surface area contributed by atoms with Gasteiger partial charge in [0.05, 0.1) is 30.1 Å². The lowest BCUT2D eigenvalue weighted by Gasteiger charge is -2.62. The van der Waals surface area contributed by atoms with Crippen LogP contribution in [-0.2, 0) is 23.7 Å². The fourth-order valence-corrected chi connectivity index (χ4v) is 9.89. The van der Waals surface area contributed by atoms with Gasteiger partial charge in [-0.2, -0.15) is 0 Å². The van der Waals surface area contributed by atoms with E-state index < -0.39 is 24.5 Å². The first kappa shape index (κ1) is 28.2. The van der Waals surface area contributed by atoms with Gasteiger partial charge in [-0.3, -0.25) is 0 Å². The summed E-state index contributed by atoms with van der Waals surface area (Å²) in [5, 5.41) is 12.5. The van der Waals surface area contributed by atoms with E-state index in [0.29, 0.717) is 5.92 Å². The zero-order chi connectivity index (χ0) is 28.7. The second kappa shape index (κ2) is 9.97. The summed E-state index contributed by atoms with van der Waals surface area (Å²) in [7, 11) is 1.55. The highest BCUT2D eigenvalue weighted by Crippen LogP contribution is 2.70. The van der Waals surface area contributed by atoms with E-state index in [1.54, 1.807) is 13.4 Å². The minimum absolute atomic E-state index is 0.0389. The van der Waals surface area contributed by atoms with E-state index in [2.05, 4.69) is 19.9 Å². The van der Waals surface area contributed by atoms with Crippen LogP contribution in [0.3, 0.4) is 0 Å². The zero-order valence-electron chi connectivity index (χ0n) is 24.6. The standard InChI is InChI=1S/C32H45NO8/c1-17-25(33)26-27(41-29(36-4)40-26)28(38-17)39-20-9-12-30(2)19(15-20)6-7-23-22(30)10-13-31(3)21(11-14-32(23,31)35)18-5-8-24(34)37-16-18/h5,8,15-17,20-23,25-29,35H,6-7,9-14,33H2,1-4H3/t17-,20-,21+,22?,23?,25-,26+,27+,28-,29?,30-,31+,32-/m0/s1. The molecule has 3 unspecified atom stereocenters. The van der Waals surface area contributed by atoms with Crippen molar-refractivity contribution < 1.29 is 33.2 Å². The van der Waals surface area contributed by atoms with Gasteiger partial charge in [0.25, 0.3) is 6.48 Å². The van der Waals surface area contributed by atoms with Crippen molar-refractivity contribution in [2.24, 2.45) is 28.4 Å². The van der Waals surface area contributed by atoms with E-state index in [-0.39, 0.29) is 52.6 Å². The van der Waals surface area contributed by atoms with E-state index in [4.69, 9.17) is 33.8 Å². The Morgan fingerprint density at radius 2 is 1.80 bits per heavy atom. The van der Waals surface area contributed by atoms with Crippen molar-refractivity contribution in [2.75, 3.05) is 7.11 Å². The Morgan fingerprint density at radius 3 is 2.56 bits per heavy atom. The van der Waals surface area contributed by atoms with Crippen molar-refractivity contribution in [1.29, 1.82) is 0 Å². The minimum atomic E-state index is -0.766. The van der Waals surface area contributed by atoms with E-state index in [9.17, 15) is 9.90 Å². The third-order valence-electron chi connectivity index (χ3n) is 12.3. The molecule has 4 aliphatic carbocycles. The van der Waals surface area contributed by atoms with Crippen molar-refractivity contribution in [3.63, 3.8) is 0 Å². The lowest BCUT2D eigenvalue weighted by atomic mass is 9.45. The number of rotatable bonds is 4. The van der Waals surface area contributed by atoms with Gasteiger partial charge in [0, 0.05) is 18.6 Å². The first-order chi connectivity index (χ1) is 19.6. The highest BCUT2D eigenvalue weighted by molar-refractivity contribution is 5.31. The molecule has 0 radical (unpaired) electrons. The maximum Gasteiger partial charge on any atom is 0.335 e. The Bertz CT molecular complexity index is 1230. The van der Waals surface area contributed by atoms with Gasteiger partial charge in [-0.25, -0.2) is 4.79 Å². The predicted octanol–water partition coefficient (Wildman–Crippen LogP) is 3.97. The van der Waals surface area contributed by atoms with Crippen LogP contribution in [0.15, 0.2) is 39.3 Å². The molecule has 2 aliphatic heterocycles. The van der Waals surface area contributed by atoms with E-state index >= 15 is 0 Å². The summed E-state index contributed by atoms with van der Waals surface area (Å²) in [5.74, 6) is 0.874. The summed E-state index contributed by atoms with van der Waals surface area (Å²) in [6.45, 7) is 5.87. The summed E-state index contributed by atoms with van der Waals surface area (Å²) < 4.78 is 35.1. The van der Waals surface area contributed by atoms with Crippen molar-refractivity contribution in [3.05, 3.63) is 46.0 Å². The fraction of sp³-hybridized carbons (Fsp3) is 0.781. The molecule has 41 heavy (non-hydrogen) atoms. The second-order valence-electron chi connectivity index (χ2n) is 13.9. The summed E-state index contributed by atoms with van der Waals surface area (Å²) in [4.78, 5) is 11.6. The van der Waals surface area contributed by atoms with Crippen LogP contribution in [0.4, 0.5) is 0 Å². The van der Waals surface area contributed by atoms with Gasteiger partial charge in [-0.15, -0.1) is 0 Å². The lowest BCUT2D eigenvalue weighted by molar-refractivity contribution is -0.273. The molecule has 5 fully saturated rings. The van der Waals surface area contributed by atoms with Crippen molar-refractivity contribution >= 4 is 0 Å². The molecule has 3 heterocycles. The third-order valence-corrected chi connectivity index (χ3v) is 12.3. The van der Waals surface area contributed by atoms with Gasteiger partial charge < -0.3 is 38.9 Å². The molecule has 0 bridgehead atoms. The monoisotopic (exact) mass is 571 g/mol. The summed E-state index contributed by atoms with van der Waals surface area (Å²) in [5.41, 5.74) is 7.60. The second-order valence-corrected chi connectivity index (χ2v) is 13.9. The molecule has 2 saturated heterocycles.